The minimum atomic E-state index is 0.615. The fourth-order valence-corrected chi connectivity index (χ4v) is 0.930. The molecule has 0 aliphatic heterocycles. The first-order valence-corrected chi connectivity index (χ1v) is 3.21. The van der Waals surface area contributed by atoms with Crippen LogP contribution in [0.2, 0.25) is 0 Å². The van der Waals surface area contributed by atoms with E-state index in [0.717, 1.165) is 19.1 Å². The van der Waals surface area contributed by atoms with Crippen LogP contribution in [0.15, 0.2) is 23.8 Å². The fourth-order valence-electron chi connectivity index (χ4n) is 0.930. The maximum absolute atomic E-state index is 10.0. The third-order valence-electron chi connectivity index (χ3n) is 1.45. The number of rotatable bonds is 2. The van der Waals surface area contributed by atoms with Gasteiger partial charge in [0.1, 0.15) is 6.29 Å². The molecule has 48 valence electrons. The van der Waals surface area contributed by atoms with Gasteiger partial charge in [-0.2, -0.15) is 0 Å². The highest BCUT2D eigenvalue weighted by atomic mass is 16.1. The zero-order valence-electron chi connectivity index (χ0n) is 5.34. The maximum atomic E-state index is 10.0. The third kappa shape index (κ3) is 1.84. The lowest BCUT2D eigenvalue weighted by atomic mass is 10.0. The van der Waals surface area contributed by atoms with Crippen LogP contribution in [0.25, 0.3) is 0 Å². The van der Waals surface area contributed by atoms with Crippen molar-refractivity contribution in [3.63, 3.8) is 0 Å². The molecule has 1 heteroatoms. The van der Waals surface area contributed by atoms with Gasteiger partial charge in [0.05, 0.1) is 0 Å². The lowest BCUT2D eigenvalue weighted by Crippen LogP contribution is -1.87. The Kier molecular flexibility index (Phi) is 2.25. The molecule has 0 atom stereocenters. The number of carbonyl (C=O) groups excluding carboxylic acids is 1. The Morgan fingerprint density at radius 3 is 3.11 bits per heavy atom. The van der Waals surface area contributed by atoms with Crippen molar-refractivity contribution in [3.8, 4) is 0 Å². The van der Waals surface area contributed by atoms with Crippen LogP contribution in [0.1, 0.15) is 19.3 Å². The van der Waals surface area contributed by atoms with Crippen LogP contribution in [-0.4, -0.2) is 6.29 Å². The van der Waals surface area contributed by atoms with Gasteiger partial charge in [-0.25, -0.2) is 0 Å². The van der Waals surface area contributed by atoms with Gasteiger partial charge in [-0.3, -0.25) is 0 Å². The Morgan fingerprint density at radius 1 is 1.67 bits per heavy atom. The number of allylic oxidation sites excluding steroid dienone is 4. The molecule has 0 N–H and O–H groups in total. The van der Waals surface area contributed by atoms with Crippen LogP contribution in [0.3, 0.4) is 0 Å². The summed E-state index contributed by atoms with van der Waals surface area (Å²) in [6.45, 7) is 0. The molecule has 0 aromatic rings. The van der Waals surface area contributed by atoms with Gasteiger partial charge in [-0.05, 0) is 12.8 Å². The Labute approximate surface area is 55.1 Å². The first kappa shape index (κ1) is 6.27. The summed E-state index contributed by atoms with van der Waals surface area (Å²) in [5.74, 6) is 0. The van der Waals surface area contributed by atoms with Crippen molar-refractivity contribution < 1.29 is 4.79 Å². The Hall–Kier alpha value is -0.850. The summed E-state index contributed by atoms with van der Waals surface area (Å²) >= 11 is 0. The first-order chi connectivity index (χ1) is 4.43. The lowest BCUT2D eigenvalue weighted by molar-refractivity contribution is -0.107. The van der Waals surface area contributed by atoms with Crippen LogP contribution in [0, 0.1) is 0 Å². The van der Waals surface area contributed by atoms with E-state index in [2.05, 4.69) is 6.08 Å². The van der Waals surface area contributed by atoms with Gasteiger partial charge >= 0.3 is 0 Å². The molecule has 0 radical (unpaired) electrons. The Balaban J connectivity index is 2.47. The van der Waals surface area contributed by atoms with Crippen LogP contribution in [0.4, 0.5) is 0 Å². The summed E-state index contributed by atoms with van der Waals surface area (Å²) in [5, 5.41) is 0. The van der Waals surface area contributed by atoms with Crippen LogP contribution >= 0.6 is 0 Å². The highest BCUT2D eigenvalue weighted by molar-refractivity contribution is 5.54. The van der Waals surface area contributed by atoms with E-state index < -0.39 is 0 Å². The molecule has 0 spiro atoms. The smallest absolute Gasteiger partial charge is 0.124 e. The summed E-state index contributed by atoms with van der Waals surface area (Å²) < 4.78 is 0. The monoisotopic (exact) mass is 122 g/mol. The molecule has 0 aromatic heterocycles. The molecule has 1 aliphatic carbocycles. The summed E-state index contributed by atoms with van der Waals surface area (Å²) in [7, 11) is 0. The molecule has 9 heavy (non-hydrogen) atoms. The van der Waals surface area contributed by atoms with Crippen molar-refractivity contribution in [1.82, 2.24) is 0 Å². The van der Waals surface area contributed by atoms with Gasteiger partial charge in [0, 0.05) is 6.42 Å². The molecular weight excluding hydrogens is 112 g/mol. The summed E-state index contributed by atoms with van der Waals surface area (Å²) in [6, 6.07) is 0. The van der Waals surface area contributed by atoms with E-state index in [-0.39, 0.29) is 0 Å². The topological polar surface area (TPSA) is 17.1 Å². The van der Waals surface area contributed by atoms with Gasteiger partial charge in [0.15, 0.2) is 0 Å². The van der Waals surface area contributed by atoms with E-state index in [0.29, 0.717) is 6.42 Å². The molecule has 0 saturated carbocycles. The minimum Gasteiger partial charge on any atom is -0.303 e. The second-order valence-electron chi connectivity index (χ2n) is 2.16. The number of aldehydes is 1. The highest BCUT2D eigenvalue weighted by Crippen LogP contribution is 2.13. The number of hydrogen-bond acceptors (Lipinski definition) is 1. The zero-order chi connectivity index (χ0) is 6.53. The standard InChI is InChI=1S/C8H10O/c9-7-6-8-4-2-1-3-5-8/h1-2,4,7H,3,5-6H2. The molecule has 1 rings (SSSR count). The van der Waals surface area contributed by atoms with Crippen LogP contribution in [-0.2, 0) is 4.79 Å². The molecule has 0 bridgehead atoms. The summed E-state index contributed by atoms with van der Waals surface area (Å²) in [6.07, 6.45) is 9.90. The largest absolute Gasteiger partial charge is 0.303 e. The summed E-state index contributed by atoms with van der Waals surface area (Å²) in [4.78, 5) is 10.0. The van der Waals surface area contributed by atoms with E-state index >= 15 is 0 Å². The molecule has 1 nitrogen and oxygen atoms in total. The average Bonchev–Trinajstić information content (AvgIpc) is 1.91. The van der Waals surface area contributed by atoms with Gasteiger partial charge in [-0.1, -0.05) is 23.8 Å². The molecule has 0 fully saturated rings. The predicted octanol–water partition coefficient (Wildman–Crippen LogP) is 1.85. The molecule has 0 amide bonds. The highest BCUT2D eigenvalue weighted by Gasteiger charge is 1.96. The SMILES string of the molecule is O=CCC1=CC=CCC1. The second kappa shape index (κ2) is 3.23. The molecule has 0 heterocycles. The lowest BCUT2D eigenvalue weighted by Gasteiger charge is -2.02. The van der Waals surface area contributed by atoms with Crippen molar-refractivity contribution in [2.45, 2.75) is 19.3 Å². The maximum Gasteiger partial charge on any atom is 0.124 e. The number of hydrogen-bond donors (Lipinski definition) is 0. The van der Waals surface area contributed by atoms with E-state index in [1.807, 2.05) is 12.2 Å². The predicted molar refractivity (Wildman–Crippen MR) is 37.1 cm³/mol. The van der Waals surface area contributed by atoms with Crippen molar-refractivity contribution in [1.29, 1.82) is 0 Å². The average molecular weight is 122 g/mol. The van der Waals surface area contributed by atoms with Crippen molar-refractivity contribution in [2.24, 2.45) is 0 Å². The third-order valence-corrected chi connectivity index (χ3v) is 1.45. The Bertz CT molecular complexity index is 154. The quantitative estimate of drug-likeness (QED) is 0.511. The van der Waals surface area contributed by atoms with Gasteiger partial charge < -0.3 is 4.79 Å². The molecule has 1 aliphatic rings. The van der Waals surface area contributed by atoms with Gasteiger partial charge in [0.2, 0.25) is 0 Å². The molecular formula is C8H10O. The van der Waals surface area contributed by atoms with E-state index in [1.54, 1.807) is 0 Å². The van der Waals surface area contributed by atoms with E-state index in [1.165, 1.54) is 5.57 Å². The number of carbonyl (C=O) groups is 1. The second-order valence-corrected chi connectivity index (χ2v) is 2.16. The van der Waals surface area contributed by atoms with Gasteiger partial charge in [0.25, 0.3) is 0 Å². The van der Waals surface area contributed by atoms with E-state index in [4.69, 9.17) is 0 Å². The molecule has 0 saturated heterocycles. The van der Waals surface area contributed by atoms with Crippen LogP contribution in [0.5, 0.6) is 0 Å². The minimum absolute atomic E-state index is 0.615. The zero-order valence-corrected chi connectivity index (χ0v) is 5.34. The normalized spacial score (nSPS) is 17.1. The van der Waals surface area contributed by atoms with E-state index in [9.17, 15) is 4.79 Å². The van der Waals surface area contributed by atoms with Crippen molar-refractivity contribution in [3.05, 3.63) is 23.8 Å². The Morgan fingerprint density at radius 2 is 2.56 bits per heavy atom. The van der Waals surface area contributed by atoms with Gasteiger partial charge in [-0.15, -0.1) is 0 Å². The molecule has 0 aromatic carbocycles. The van der Waals surface area contributed by atoms with Crippen LogP contribution < -0.4 is 0 Å². The molecule has 0 unspecified atom stereocenters. The van der Waals surface area contributed by atoms with Crippen molar-refractivity contribution in [2.75, 3.05) is 0 Å². The first-order valence-electron chi connectivity index (χ1n) is 3.21. The fraction of sp³-hybridized carbons (Fsp3) is 0.375. The van der Waals surface area contributed by atoms with Crippen molar-refractivity contribution >= 4 is 6.29 Å². The summed E-state index contributed by atoms with van der Waals surface area (Å²) in [5.41, 5.74) is 1.26.